The van der Waals surface area contributed by atoms with Gasteiger partial charge in [-0.25, -0.2) is 13.1 Å². The van der Waals surface area contributed by atoms with Gasteiger partial charge >= 0.3 is 12.4 Å². The highest BCUT2D eigenvalue weighted by Gasteiger charge is 2.31. The van der Waals surface area contributed by atoms with Crippen molar-refractivity contribution in [2.24, 2.45) is 0 Å². The average molecular weight is 817 g/mol. The van der Waals surface area contributed by atoms with Crippen LogP contribution in [0, 0.1) is 0 Å². The predicted molar refractivity (Wildman–Crippen MR) is 181 cm³/mol. The molecule has 5 aromatic rings. The number of amides is 1. The first-order valence-corrected chi connectivity index (χ1v) is 17.3. The number of nitrogens with one attached hydrogen (secondary N) is 2. The van der Waals surface area contributed by atoms with Crippen molar-refractivity contribution in [3.05, 3.63) is 140 Å². The second-order valence-electron chi connectivity index (χ2n) is 10.7. The summed E-state index contributed by atoms with van der Waals surface area (Å²) in [6.45, 7) is -0.726. The molecule has 0 saturated heterocycles. The van der Waals surface area contributed by atoms with Crippen LogP contribution in [0.3, 0.4) is 0 Å². The number of rotatable bonds is 9. The van der Waals surface area contributed by atoms with E-state index < -0.39 is 50.9 Å². The standard InChI is InChI=1S/C34H22BrCl2F6N3O3S/c35-24-9-3-19(4-10-24)31-28(27-14-11-25(36)16-29(27)37)15-21(17-44-32(47)20-1-5-22(6-2-20)33(38,39)40)30(46-31)18-45-50(48,49)26-12-7-23(8-13-26)34(41,42)43/h1-16,45H,17-18H2,(H,44,47). The van der Waals surface area contributed by atoms with Crippen LogP contribution in [0.1, 0.15) is 32.7 Å². The minimum absolute atomic E-state index is 0.0667. The van der Waals surface area contributed by atoms with Crippen LogP contribution in [-0.4, -0.2) is 19.3 Å². The Morgan fingerprint density at radius 2 is 1.32 bits per heavy atom. The molecule has 5 rings (SSSR count). The molecular formula is C34H22BrCl2F6N3O3S. The molecule has 1 aromatic heterocycles. The van der Waals surface area contributed by atoms with Crippen LogP contribution < -0.4 is 10.0 Å². The highest BCUT2D eigenvalue weighted by Crippen LogP contribution is 2.38. The summed E-state index contributed by atoms with van der Waals surface area (Å²) >= 11 is 16.1. The second-order valence-corrected chi connectivity index (χ2v) is 14.3. The molecule has 1 amide bonds. The Balaban J connectivity index is 1.56. The lowest BCUT2D eigenvalue weighted by molar-refractivity contribution is -0.138. The molecule has 0 bridgehead atoms. The van der Waals surface area contributed by atoms with Gasteiger partial charge in [0.1, 0.15) is 0 Å². The summed E-state index contributed by atoms with van der Waals surface area (Å²) in [6.07, 6.45) is -9.27. The topological polar surface area (TPSA) is 88.2 Å². The molecular weight excluding hydrogens is 795 g/mol. The lowest BCUT2D eigenvalue weighted by atomic mass is 9.96. The molecule has 16 heteroatoms. The van der Waals surface area contributed by atoms with E-state index in [-0.39, 0.29) is 22.8 Å². The lowest BCUT2D eigenvalue weighted by Crippen LogP contribution is -2.27. The summed E-state index contributed by atoms with van der Waals surface area (Å²) < 4.78 is 108. The monoisotopic (exact) mass is 815 g/mol. The highest BCUT2D eigenvalue weighted by molar-refractivity contribution is 9.10. The third-order valence-electron chi connectivity index (χ3n) is 7.37. The summed E-state index contributed by atoms with van der Waals surface area (Å²) in [5.74, 6) is -0.724. The third kappa shape index (κ3) is 8.85. The molecule has 4 aromatic carbocycles. The maximum Gasteiger partial charge on any atom is 0.416 e. The van der Waals surface area contributed by atoms with Crippen LogP contribution in [0.5, 0.6) is 0 Å². The summed E-state index contributed by atoms with van der Waals surface area (Å²) in [5, 5.41) is 3.24. The largest absolute Gasteiger partial charge is 0.416 e. The van der Waals surface area contributed by atoms with Gasteiger partial charge in [-0.15, -0.1) is 0 Å². The molecule has 0 aliphatic rings. The summed E-state index contributed by atoms with van der Waals surface area (Å²) in [4.78, 5) is 17.4. The van der Waals surface area contributed by atoms with Crippen molar-refractivity contribution in [1.82, 2.24) is 15.0 Å². The van der Waals surface area contributed by atoms with Crippen molar-refractivity contribution in [1.29, 1.82) is 0 Å². The van der Waals surface area contributed by atoms with Crippen molar-refractivity contribution in [3.63, 3.8) is 0 Å². The first-order valence-electron chi connectivity index (χ1n) is 14.3. The molecule has 2 N–H and O–H groups in total. The zero-order valence-electron chi connectivity index (χ0n) is 25.1. The van der Waals surface area contributed by atoms with Gasteiger partial charge in [0.15, 0.2) is 0 Å². The number of nitrogens with zero attached hydrogens (tertiary/aromatic N) is 1. The van der Waals surface area contributed by atoms with E-state index in [0.29, 0.717) is 45.1 Å². The van der Waals surface area contributed by atoms with E-state index in [4.69, 9.17) is 28.2 Å². The number of sulfonamides is 1. The number of aromatic nitrogens is 1. The molecule has 50 heavy (non-hydrogen) atoms. The number of carbonyl (C=O) groups excluding carboxylic acids is 1. The van der Waals surface area contributed by atoms with Gasteiger partial charge in [0.2, 0.25) is 10.0 Å². The Labute approximate surface area is 300 Å². The average Bonchev–Trinajstić information content (AvgIpc) is 3.06. The molecule has 0 aliphatic heterocycles. The zero-order valence-corrected chi connectivity index (χ0v) is 29.0. The van der Waals surface area contributed by atoms with E-state index in [9.17, 15) is 39.6 Å². The first kappa shape index (κ1) is 37.3. The van der Waals surface area contributed by atoms with Gasteiger partial charge in [-0.05, 0) is 84.4 Å². The molecule has 0 saturated carbocycles. The predicted octanol–water partition coefficient (Wildman–Crippen LogP) is 9.93. The number of halogens is 9. The van der Waals surface area contributed by atoms with E-state index in [0.717, 1.165) is 40.9 Å². The van der Waals surface area contributed by atoms with Gasteiger partial charge in [-0.1, -0.05) is 57.3 Å². The van der Waals surface area contributed by atoms with Gasteiger partial charge in [0.25, 0.3) is 5.91 Å². The normalized spacial score (nSPS) is 12.2. The Bertz CT molecular complexity index is 2150. The summed E-state index contributed by atoms with van der Waals surface area (Å²) in [5.41, 5.74) is 0.319. The van der Waals surface area contributed by atoms with Gasteiger partial charge in [-0.2, -0.15) is 26.3 Å². The van der Waals surface area contributed by atoms with Crippen molar-refractivity contribution in [3.8, 4) is 22.4 Å². The maximum absolute atomic E-state index is 13.2. The molecule has 0 radical (unpaired) electrons. The van der Waals surface area contributed by atoms with Crippen LogP contribution >= 0.6 is 39.1 Å². The van der Waals surface area contributed by atoms with E-state index >= 15 is 0 Å². The molecule has 0 spiro atoms. The van der Waals surface area contributed by atoms with Crippen molar-refractivity contribution in [2.75, 3.05) is 0 Å². The second kappa shape index (κ2) is 14.7. The first-order chi connectivity index (χ1) is 23.4. The SMILES string of the molecule is O=C(NCc1cc(-c2ccc(Cl)cc2Cl)c(-c2ccc(Br)cc2)nc1CNS(=O)(=O)c1ccc(C(F)(F)F)cc1)c1ccc(C(F)(F)F)cc1. The molecule has 0 atom stereocenters. The zero-order chi connectivity index (χ0) is 36.4. The maximum atomic E-state index is 13.2. The minimum atomic E-state index is -4.67. The highest BCUT2D eigenvalue weighted by atomic mass is 79.9. The van der Waals surface area contributed by atoms with Crippen LogP contribution in [0.2, 0.25) is 10.0 Å². The van der Waals surface area contributed by atoms with Crippen LogP contribution in [0.15, 0.2) is 106 Å². The number of benzene rings is 4. The van der Waals surface area contributed by atoms with Gasteiger partial charge in [-0.3, -0.25) is 9.78 Å². The van der Waals surface area contributed by atoms with Gasteiger partial charge < -0.3 is 5.32 Å². The number of carbonyl (C=O) groups is 1. The number of hydrogen-bond acceptors (Lipinski definition) is 4. The van der Waals surface area contributed by atoms with E-state index in [1.165, 1.54) is 6.07 Å². The molecule has 0 unspecified atom stereocenters. The molecule has 1 heterocycles. The fraction of sp³-hybridized carbons (Fsp3) is 0.118. The van der Waals surface area contributed by atoms with Gasteiger partial charge in [0.05, 0.1) is 34.0 Å². The quantitative estimate of drug-likeness (QED) is 0.145. The smallest absolute Gasteiger partial charge is 0.348 e. The van der Waals surface area contributed by atoms with Crippen LogP contribution in [0.4, 0.5) is 26.3 Å². The van der Waals surface area contributed by atoms with Crippen LogP contribution in [-0.2, 0) is 35.5 Å². The molecule has 0 aliphatic carbocycles. The summed E-state index contributed by atoms with van der Waals surface area (Å²) in [7, 11) is -4.36. The van der Waals surface area contributed by atoms with Crippen molar-refractivity contribution < 1.29 is 39.6 Å². The minimum Gasteiger partial charge on any atom is -0.348 e. The lowest BCUT2D eigenvalue weighted by Gasteiger charge is -2.18. The van der Waals surface area contributed by atoms with E-state index in [1.54, 1.807) is 42.5 Å². The Morgan fingerprint density at radius 3 is 1.88 bits per heavy atom. The Kier molecular flexibility index (Phi) is 11.0. The van der Waals surface area contributed by atoms with Gasteiger partial charge in [0, 0.05) is 43.3 Å². The molecule has 0 fully saturated rings. The summed E-state index contributed by atoms with van der Waals surface area (Å²) in [6, 6.07) is 19.9. The third-order valence-corrected chi connectivity index (χ3v) is 9.86. The van der Waals surface area contributed by atoms with Crippen molar-refractivity contribution in [2.45, 2.75) is 30.3 Å². The fourth-order valence-corrected chi connectivity index (χ4v) is 6.56. The Morgan fingerprint density at radius 1 is 0.740 bits per heavy atom. The van der Waals surface area contributed by atoms with Crippen molar-refractivity contribution >= 4 is 55.1 Å². The van der Waals surface area contributed by atoms with Crippen LogP contribution in [0.25, 0.3) is 22.4 Å². The number of pyridine rings is 1. The number of hydrogen-bond donors (Lipinski definition) is 2. The van der Waals surface area contributed by atoms with E-state index in [1.807, 2.05) is 0 Å². The number of alkyl halides is 6. The molecule has 260 valence electrons. The fourth-order valence-electron chi connectivity index (χ4n) is 4.80. The molecule has 6 nitrogen and oxygen atoms in total. The Hall–Kier alpha value is -3.95. The van der Waals surface area contributed by atoms with E-state index in [2.05, 4.69) is 26.0 Å².